The number of anilines is 3. The number of nitrogens with zero attached hydrogens (tertiary/aromatic N) is 6. The number of ether oxygens (including phenoxy) is 2. The quantitative estimate of drug-likeness (QED) is 0.104. The first-order valence-electron chi connectivity index (χ1n) is 22.2. The van der Waals surface area contributed by atoms with Gasteiger partial charge in [0.15, 0.2) is 0 Å². The molecule has 4 aromatic carbocycles. The summed E-state index contributed by atoms with van der Waals surface area (Å²) in [6.45, 7) is 17.0. The number of aryl methyl sites for hydroxylation is 4. The maximum absolute atomic E-state index is 9.87. The van der Waals surface area contributed by atoms with Crippen LogP contribution in [0.2, 0.25) is 5.02 Å². The number of phenolic OH excluding ortho intramolecular Hbond substituents is 2. The van der Waals surface area contributed by atoms with Gasteiger partial charge in [-0.3, -0.25) is 19.8 Å². The van der Waals surface area contributed by atoms with Crippen molar-refractivity contribution < 1.29 is 36.5 Å². The Bertz CT molecular complexity index is 3120. The number of nitrogens with two attached hydrogens (primary N) is 1. The van der Waals surface area contributed by atoms with Gasteiger partial charge in [0.2, 0.25) is 0 Å². The molecule has 2 saturated heterocycles. The first-order valence-corrected chi connectivity index (χ1v) is 25.7. The normalized spacial score (nSPS) is 13.5. The Morgan fingerprint density at radius 3 is 1.59 bits per heavy atom. The van der Waals surface area contributed by atoms with E-state index in [9.17, 15) is 5.11 Å². The van der Waals surface area contributed by atoms with Crippen LogP contribution in [-0.2, 0) is 45.7 Å². The predicted molar refractivity (Wildman–Crippen MR) is 284 cm³/mol. The second-order valence-corrected chi connectivity index (χ2v) is 18.9. The second kappa shape index (κ2) is 26.9. The molecular weight excluding hydrogens is 1000 g/mol. The Balaban J connectivity index is 0.000000185. The fraction of sp³-hybridized carbons (Fsp3) is 0.280. The van der Waals surface area contributed by atoms with E-state index in [0.29, 0.717) is 5.69 Å². The molecule has 5 N–H and O–H groups in total. The highest BCUT2D eigenvalue weighted by molar-refractivity contribution is 7.52. The summed E-state index contributed by atoms with van der Waals surface area (Å²) in [4.78, 5) is 23.6. The molecule has 71 heavy (non-hydrogen) atoms. The SMILES string of the molecule is Cc1cc2c(Cl)ccnc2cc1-c1csc(CN2CCOCC2)n1.Cc1ccc(O)cc1N.Cc1ccc(O)cc1Nc1ccnc2cc(-c3csc(CN4CCOCC4)n3)c(C)cc12.O=S=O.O=S=O. The van der Waals surface area contributed by atoms with Crippen molar-refractivity contribution in [2.24, 2.45) is 0 Å². The molecule has 6 heterocycles. The van der Waals surface area contributed by atoms with E-state index in [1.165, 1.54) is 11.6 Å². The molecule has 0 atom stereocenters. The number of hydrogen-bond donors (Lipinski definition) is 4. The van der Waals surface area contributed by atoms with Crippen LogP contribution in [0, 0.1) is 27.7 Å². The highest BCUT2D eigenvalue weighted by Crippen LogP contribution is 2.35. The molecule has 2 aliphatic heterocycles. The Morgan fingerprint density at radius 1 is 0.620 bits per heavy atom. The Kier molecular flexibility index (Phi) is 20.6. The molecule has 372 valence electrons. The third-order valence-electron chi connectivity index (χ3n) is 11.5. The van der Waals surface area contributed by atoms with Gasteiger partial charge in [-0.2, -0.15) is 16.8 Å². The molecule has 2 aliphatic rings. The van der Waals surface area contributed by atoms with E-state index in [0.717, 1.165) is 153 Å². The number of hydrogen-bond acceptors (Lipinski definition) is 18. The summed E-state index contributed by atoms with van der Waals surface area (Å²) < 4.78 is 44.0. The van der Waals surface area contributed by atoms with Crippen molar-refractivity contribution in [1.82, 2.24) is 29.7 Å². The lowest BCUT2D eigenvalue weighted by molar-refractivity contribution is 0.0341. The van der Waals surface area contributed by atoms with Crippen LogP contribution in [0.1, 0.15) is 32.3 Å². The van der Waals surface area contributed by atoms with Gasteiger partial charge in [-0.25, -0.2) is 9.97 Å². The summed E-state index contributed by atoms with van der Waals surface area (Å²) in [5.74, 6) is 0.462. The molecule has 4 aromatic heterocycles. The third-order valence-corrected chi connectivity index (χ3v) is 13.5. The number of nitrogens with one attached hydrogen (secondary N) is 1. The first kappa shape index (κ1) is 54.3. The van der Waals surface area contributed by atoms with E-state index in [4.69, 9.17) is 58.7 Å². The number of benzene rings is 4. The molecule has 0 unspecified atom stereocenters. The average molecular weight is 1060 g/mol. The Hall–Kier alpha value is -6.07. The van der Waals surface area contributed by atoms with Crippen LogP contribution >= 0.6 is 34.3 Å². The number of nitrogen functional groups attached to an aromatic ring is 1. The minimum atomic E-state index is -0.750. The average Bonchev–Trinajstić information content (AvgIpc) is 4.03. The van der Waals surface area contributed by atoms with E-state index >= 15 is 0 Å². The Labute approximate surface area is 431 Å². The van der Waals surface area contributed by atoms with E-state index in [2.05, 4.69) is 74.0 Å². The van der Waals surface area contributed by atoms with Gasteiger partial charge in [0, 0.05) is 100 Å². The molecule has 21 heteroatoms. The van der Waals surface area contributed by atoms with Gasteiger partial charge < -0.3 is 30.7 Å². The van der Waals surface area contributed by atoms with Crippen molar-refractivity contribution >= 4 is 96.3 Å². The number of aromatic nitrogens is 4. The molecule has 0 aliphatic carbocycles. The van der Waals surface area contributed by atoms with Crippen LogP contribution in [0.5, 0.6) is 11.5 Å². The summed E-state index contributed by atoms with van der Waals surface area (Å²) in [6.07, 6.45) is 3.56. The van der Waals surface area contributed by atoms with Crippen LogP contribution in [0.15, 0.2) is 96.0 Å². The van der Waals surface area contributed by atoms with E-state index in [1.807, 2.05) is 38.2 Å². The number of aromatic hydroxyl groups is 2. The standard InChI is InChI=1S/C25H26N4O2S.C18H18ClN3OS.C7H9NO.2O2S/c1-16-3-4-18(30)12-22(16)27-21-5-6-26-23-13-19(17(2)11-20(21)23)24-15-32-25(28-24)14-29-7-9-31-10-8-29;1-12-8-14-15(19)2-3-20-16(14)9-13(12)17-11-24-18(21-17)10-22-4-6-23-7-5-22;1-5-2-3-6(9)4-7(5)8;2*1-3-2/h3-6,11-13,15,30H,7-10,14H2,1-2H3,(H,26,27);2-3,8-9,11H,4-7,10H2,1H3;2-4,9H,8H2,1H3;;. The molecule has 10 rings (SSSR count). The van der Waals surface area contributed by atoms with Gasteiger partial charge in [0.1, 0.15) is 21.5 Å². The molecule has 0 radical (unpaired) electrons. The second-order valence-electron chi connectivity index (χ2n) is 16.4. The largest absolute Gasteiger partial charge is 0.508 e. The molecule has 0 saturated carbocycles. The summed E-state index contributed by atoms with van der Waals surface area (Å²) in [7, 11) is 0. The first-order chi connectivity index (χ1) is 34.3. The number of morpholine rings is 2. The minimum Gasteiger partial charge on any atom is -0.508 e. The molecule has 0 amide bonds. The molecule has 2 fully saturated rings. The number of fused-ring (bicyclic) bond motifs is 2. The van der Waals surface area contributed by atoms with Gasteiger partial charge in [0.25, 0.3) is 0 Å². The maximum atomic E-state index is 9.87. The number of pyridine rings is 2. The number of halogens is 1. The number of thiazole rings is 2. The van der Waals surface area contributed by atoms with Crippen molar-refractivity contribution in [3.8, 4) is 34.0 Å². The van der Waals surface area contributed by atoms with Gasteiger partial charge in [-0.1, -0.05) is 23.7 Å². The summed E-state index contributed by atoms with van der Waals surface area (Å²) >= 11 is 8.20. The van der Waals surface area contributed by atoms with E-state index < -0.39 is 23.1 Å². The van der Waals surface area contributed by atoms with Crippen LogP contribution in [0.3, 0.4) is 0 Å². The number of phenols is 2. The van der Waals surface area contributed by atoms with Crippen molar-refractivity contribution in [1.29, 1.82) is 0 Å². The van der Waals surface area contributed by atoms with Crippen molar-refractivity contribution in [2.75, 3.05) is 63.7 Å². The maximum Gasteiger partial charge on any atom is 0.335 e. The van der Waals surface area contributed by atoms with Gasteiger partial charge in [-0.05, 0) is 98.5 Å². The van der Waals surface area contributed by atoms with Crippen molar-refractivity contribution in [3.05, 3.63) is 133 Å². The highest BCUT2D eigenvalue weighted by atomic mass is 35.5. The van der Waals surface area contributed by atoms with E-state index in [1.54, 1.807) is 53.1 Å². The van der Waals surface area contributed by atoms with Crippen LogP contribution in [-0.4, -0.2) is 109 Å². The van der Waals surface area contributed by atoms with Crippen LogP contribution in [0.4, 0.5) is 17.1 Å². The molecular formula is C50H53ClN8O8S4. The smallest absolute Gasteiger partial charge is 0.335 e. The topological polar surface area (TPSA) is 223 Å². The fourth-order valence-electron chi connectivity index (χ4n) is 7.66. The zero-order chi connectivity index (χ0) is 50.9. The lowest BCUT2D eigenvalue weighted by Crippen LogP contribution is -2.35. The number of rotatable bonds is 8. The summed E-state index contributed by atoms with van der Waals surface area (Å²) in [5, 5.41) is 31.5. The Morgan fingerprint density at radius 2 is 1.08 bits per heavy atom. The minimum absolute atomic E-state index is 0.220. The molecule has 0 spiro atoms. The van der Waals surface area contributed by atoms with E-state index in [-0.39, 0.29) is 11.5 Å². The monoisotopic (exact) mass is 1060 g/mol. The molecule has 16 nitrogen and oxygen atoms in total. The molecule has 0 bridgehead atoms. The lowest BCUT2D eigenvalue weighted by Gasteiger charge is -2.25. The van der Waals surface area contributed by atoms with Gasteiger partial charge in [0.05, 0.1) is 67.0 Å². The van der Waals surface area contributed by atoms with Crippen LogP contribution in [0.25, 0.3) is 44.3 Å². The summed E-state index contributed by atoms with van der Waals surface area (Å²) in [5.41, 5.74) is 18.4. The fourth-order valence-corrected chi connectivity index (χ4v) is 9.54. The third kappa shape index (κ3) is 15.5. The summed E-state index contributed by atoms with van der Waals surface area (Å²) in [6, 6.07) is 22.5. The predicted octanol–water partition coefficient (Wildman–Crippen LogP) is 9.35. The highest BCUT2D eigenvalue weighted by Gasteiger charge is 2.17. The van der Waals surface area contributed by atoms with Crippen LogP contribution < -0.4 is 11.1 Å². The van der Waals surface area contributed by atoms with Gasteiger partial charge in [-0.15, -0.1) is 22.7 Å². The lowest BCUT2D eigenvalue weighted by atomic mass is 10.0. The van der Waals surface area contributed by atoms with Gasteiger partial charge >= 0.3 is 23.1 Å². The van der Waals surface area contributed by atoms with Crippen molar-refractivity contribution in [2.45, 2.75) is 40.8 Å². The zero-order valence-corrected chi connectivity index (χ0v) is 43.4. The zero-order valence-electron chi connectivity index (χ0n) is 39.4. The molecule has 8 aromatic rings. The van der Waals surface area contributed by atoms with Crippen molar-refractivity contribution in [3.63, 3.8) is 0 Å².